The van der Waals surface area contributed by atoms with Gasteiger partial charge in [-0.3, -0.25) is 0 Å². The molecule has 0 saturated carbocycles. The Balaban J connectivity index is 0.00000225. The molecule has 1 rings (SSSR count). The van der Waals surface area contributed by atoms with E-state index in [2.05, 4.69) is 12.6 Å². The van der Waals surface area contributed by atoms with Crippen molar-refractivity contribution < 1.29 is 45.8 Å². The van der Waals surface area contributed by atoms with Crippen molar-refractivity contribution >= 4 is 12.6 Å². The van der Waals surface area contributed by atoms with Gasteiger partial charge in [-0.25, -0.2) is 0 Å². The van der Waals surface area contributed by atoms with Crippen LogP contribution < -0.4 is 0 Å². The van der Waals surface area contributed by atoms with E-state index in [1.165, 1.54) is 0 Å². The summed E-state index contributed by atoms with van der Waals surface area (Å²) in [6.45, 7) is 0. The third kappa shape index (κ3) is 3.38. The molecule has 0 saturated heterocycles. The molecule has 0 nitrogen and oxygen atoms in total. The number of hydrogen-bond donors (Lipinski definition) is 1. The molecule has 16 heavy (non-hydrogen) atoms. The van der Waals surface area contributed by atoms with Gasteiger partial charge in [0.15, 0.2) is 0 Å². The van der Waals surface area contributed by atoms with Crippen LogP contribution in [0.3, 0.4) is 0 Å². The van der Waals surface area contributed by atoms with Crippen molar-refractivity contribution in [2.75, 3.05) is 0 Å². The largest absolute Gasteiger partial charge is 0.417 e. The third-order valence-corrected chi connectivity index (χ3v) is 2.13. The average Bonchev–Trinajstić information content (AvgIpc) is 1.99. The summed E-state index contributed by atoms with van der Waals surface area (Å²) in [7, 11) is 0. The molecule has 0 N–H and O–H groups in total. The van der Waals surface area contributed by atoms with Gasteiger partial charge in [0.25, 0.3) is 0 Å². The molecular formula is C8H4F6SZn. The van der Waals surface area contributed by atoms with Crippen LogP contribution in [0.2, 0.25) is 0 Å². The van der Waals surface area contributed by atoms with Crippen LogP contribution in [-0.2, 0) is 31.8 Å². The molecule has 0 aliphatic heterocycles. The maximum atomic E-state index is 12.2. The molecule has 0 unspecified atom stereocenters. The number of rotatable bonds is 0. The van der Waals surface area contributed by atoms with Gasteiger partial charge in [0.05, 0.1) is 11.1 Å². The number of thiol groups is 1. The normalized spacial score (nSPS) is 12.2. The van der Waals surface area contributed by atoms with Crippen molar-refractivity contribution in [3.63, 3.8) is 0 Å². The average molecular weight is 312 g/mol. The SMILES string of the molecule is FC(F)(F)c1cccc(C(F)(F)F)c1S.[Zn]. The van der Waals surface area contributed by atoms with Crippen LogP contribution in [-0.4, -0.2) is 0 Å². The molecule has 0 radical (unpaired) electrons. The minimum absolute atomic E-state index is 0. The van der Waals surface area contributed by atoms with Crippen LogP contribution in [0.25, 0.3) is 0 Å². The van der Waals surface area contributed by atoms with Crippen LogP contribution in [0.4, 0.5) is 26.3 Å². The first-order valence-electron chi connectivity index (χ1n) is 3.60. The fraction of sp³-hybridized carbons (Fsp3) is 0.250. The molecular weight excluding hydrogens is 308 g/mol. The van der Waals surface area contributed by atoms with Crippen molar-refractivity contribution in [3.05, 3.63) is 29.3 Å². The van der Waals surface area contributed by atoms with E-state index in [1.807, 2.05) is 0 Å². The molecule has 86 valence electrons. The van der Waals surface area contributed by atoms with E-state index in [4.69, 9.17) is 0 Å². The molecule has 0 amide bonds. The Morgan fingerprint density at radius 3 is 1.38 bits per heavy atom. The number of benzene rings is 1. The van der Waals surface area contributed by atoms with Gasteiger partial charge in [0, 0.05) is 24.4 Å². The third-order valence-electron chi connectivity index (χ3n) is 1.65. The zero-order chi connectivity index (χ0) is 11.9. The van der Waals surface area contributed by atoms with Crippen LogP contribution in [0.15, 0.2) is 23.1 Å². The first kappa shape index (κ1) is 15.8. The Kier molecular flexibility index (Phi) is 4.89. The Morgan fingerprint density at radius 1 is 0.812 bits per heavy atom. The van der Waals surface area contributed by atoms with Gasteiger partial charge in [0.1, 0.15) is 0 Å². The van der Waals surface area contributed by atoms with E-state index in [9.17, 15) is 26.3 Å². The molecule has 8 heteroatoms. The molecule has 0 aliphatic carbocycles. The molecule has 0 aliphatic rings. The monoisotopic (exact) mass is 310 g/mol. The fourth-order valence-electron chi connectivity index (χ4n) is 1.00. The Labute approximate surface area is 105 Å². The van der Waals surface area contributed by atoms with Gasteiger partial charge in [-0.2, -0.15) is 26.3 Å². The standard InChI is InChI=1S/C8H4F6S.Zn/c9-7(10,11)4-2-1-3-5(6(4)15)8(12,13)14;/h1-3,15H;. The van der Waals surface area contributed by atoms with E-state index in [1.54, 1.807) is 0 Å². The van der Waals surface area contributed by atoms with Crippen molar-refractivity contribution in [3.8, 4) is 0 Å². The smallest absolute Gasteiger partial charge is 0.166 e. The van der Waals surface area contributed by atoms with E-state index < -0.39 is 28.4 Å². The second-order valence-electron chi connectivity index (χ2n) is 2.70. The number of alkyl halides is 6. The Morgan fingerprint density at radius 2 is 1.12 bits per heavy atom. The van der Waals surface area contributed by atoms with Crippen molar-refractivity contribution in [1.29, 1.82) is 0 Å². The summed E-state index contributed by atoms with van der Waals surface area (Å²) >= 11 is 3.26. The predicted molar refractivity (Wildman–Crippen MR) is 43.7 cm³/mol. The Hall–Kier alpha value is -0.227. The topological polar surface area (TPSA) is 0 Å². The van der Waals surface area contributed by atoms with Crippen molar-refractivity contribution in [1.82, 2.24) is 0 Å². The number of hydrogen-bond acceptors (Lipinski definition) is 1. The van der Waals surface area contributed by atoms with Gasteiger partial charge in [-0.1, -0.05) is 6.07 Å². The molecule has 0 fully saturated rings. The molecule has 0 atom stereocenters. The summed E-state index contributed by atoms with van der Waals surface area (Å²) in [5, 5.41) is 0. The van der Waals surface area contributed by atoms with E-state index in [0.29, 0.717) is 18.2 Å². The maximum absolute atomic E-state index is 12.2. The summed E-state index contributed by atoms with van der Waals surface area (Å²) < 4.78 is 73.2. The van der Waals surface area contributed by atoms with Crippen LogP contribution in [0.1, 0.15) is 11.1 Å². The first-order chi connectivity index (χ1) is 6.64. The van der Waals surface area contributed by atoms with Crippen LogP contribution in [0, 0.1) is 0 Å². The van der Waals surface area contributed by atoms with Crippen molar-refractivity contribution in [2.45, 2.75) is 17.2 Å². The fourth-order valence-corrected chi connectivity index (χ4v) is 1.40. The zero-order valence-corrected chi connectivity index (χ0v) is 11.5. The van der Waals surface area contributed by atoms with E-state index >= 15 is 0 Å². The minimum Gasteiger partial charge on any atom is -0.166 e. The quantitative estimate of drug-likeness (QED) is 0.418. The number of halogens is 6. The zero-order valence-electron chi connectivity index (χ0n) is 7.65. The predicted octanol–water partition coefficient (Wildman–Crippen LogP) is 4.01. The molecule has 0 bridgehead atoms. The maximum Gasteiger partial charge on any atom is 0.417 e. The summed E-state index contributed by atoms with van der Waals surface area (Å²) in [4.78, 5) is -1.10. The minimum atomic E-state index is -4.83. The molecule has 0 spiro atoms. The summed E-state index contributed by atoms with van der Waals surface area (Å²) in [6, 6.07) is 1.81. The molecule has 1 aromatic rings. The molecule has 1 aromatic carbocycles. The second-order valence-corrected chi connectivity index (χ2v) is 3.14. The van der Waals surface area contributed by atoms with Crippen LogP contribution >= 0.6 is 12.6 Å². The van der Waals surface area contributed by atoms with E-state index in [-0.39, 0.29) is 19.5 Å². The van der Waals surface area contributed by atoms with Gasteiger partial charge in [-0.05, 0) is 12.1 Å². The Bertz CT molecular complexity index is 338. The van der Waals surface area contributed by atoms with E-state index in [0.717, 1.165) is 0 Å². The molecule has 0 heterocycles. The van der Waals surface area contributed by atoms with Crippen molar-refractivity contribution in [2.24, 2.45) is 0 Å². The van der Waals surface area contributed by atoms with Gasteiger partial charge >= 0.3 is 12.4 Å². The van der Waals surface area contributed by atoms with Gasteiger partial charge in [-0.15, -0.1) is 12.6 Å². The summed E-state index contributed by atoms with van der Waals surface area (Å²) in [5.74, 6) is 0. The molecule has 0 aromatic heterocycles. The van der Waals surface area contributed by atoms with Gasteiger partial charge in [0.2, 0.25) is 0 Å². The first-order valence-corrected chi connectivity index (χ1v) is 4.05. The summed E-state index contributed by atoms with van der Waals surface area (Å²) in [6.07, 6.45) is -9.67. The van der Waals surface area contributed by atoms with Crippen LogP contribution in [0.5, 0.6) is 0 Å². The van der Waals surface area contributed by atoms with Gasteiger partial charge < -0.3 is 0 Å². The summed E-state index contributed by atoms with van der Waals surface area (Å²) in [5.41, 5.74) is -2.78. The second kappa shape index (κ2) is 4.96.